The number of hydrogen-bond acceptors (Lipinski definition) is 7. The van der Waals surface area contributed by atoms with Crippen LogP contribution >= 0.6 is 27.3 Å². The molecule has 0 fully saturated rings. The first kappa shape index (κ1) is 27.8. The topological polar surface area (TPSA) is 99.4 Å². The van der Waals surface area contributed by atoms with Gasteiger partial charge in [-0.05, 0) is 42.5 Å². The zero-order valence-corrected chi connectivity index (χ0v) is 22.4. The van der Waals surface area contributed by atoms with Crippen LogP contribution in [0.1, 0.15) is 27.9 Å². The molecule has 0 saturated carbocycles. The third-order valence-electron chi connectivity index (χ3n) is 5.22. The fourth-order valence-electron chi connectivity index (χ4n) is 3.38. The summed E-state index contributed by atoms with van der Waals surface area (Å²) in [6.07, 6.45) is -3.09. The molecule has 0 atom stereocenters. The Kier molecular flexibility index (Phi) is 8.96. The van der Waals surface area contributed by atoms with Gasteiger partial charge in [-0.1, -0.05) is 40.2 Å². The van der Waals surface area contributed by atoms with E-state index in [2.05, 4.69) is 42.8 Å². The van der Waals surface area contributed by atoms with Gasteiger partial charge in [-0.25, -0.2) is 10.4 Å². The Hall–Kier alpha value is -4.21. The molecule has 0 aliphatic rings. The highest BCUT2D eigenvalue weighted by Crippen LogP contribution is 2.32. The van der Waals surface area contributed by atoms with Crippen molar-refractivity contribution in [2.24, 2.45) is 5.10 Å². The molecular formula is C27H19BrF3N5O2S. The molecule has 39 heavy (non-hydrogen) atoms. The van der Waals surface area contributed by atoms with Gasteiger partial charge in [0, 0.05) is 26.7 Å². The number of nitrogens with one attached hydrogen (secondary N) is 2. The van der Waals surface area contributed by atoms with Crippen molar-refractivity contribution in [3.05, 3.63) is 105 Å². The van der Waals surface area contributed by atoms with Crippen LogP contribution in [0.4, 0.5) is 24.0 Å². The van der Waals surface area contributed by atoms with Crippen LogP contribution in [0.15, 0.2) is 81.7 Å². The highest BCUT2D eigenvalue weighted by molar-refractivity contribution is 9.10. The molecule has 7 nitrogen and oxygen atoms in total. The van der Waals surface area contributed by atoms with Gasteiger partial charge in [0.2, 0.25) is 5.91 Å². The van der Waals surface area contributed by atoms with Gasteiger partial charge < -0.3 is 10.1 Å². The average molecular weight is 614 g/mol. The van der Waals surface area contributed by atoms with E-state index in [1.807, 2.05) is 12.1 Å². The molecule has 4 aromatic rings. The Morgan fingerprint density at radius 3 is 2.77 bits per heavy atom. The number of ether oxygens (including phenoxy) is 1. The Morgan fingerprint density at radius 2 is 1.97 bits per heavy atom. The lowest BCUT2D eigenvalue weighted by atomic mass is 10.1. The van der Waals surface area contributed by atoms with Crippen molar-refractivity contribution in [2.75, 3.05) is 5.32 Å². The van der Waals surface area contributed by atoms with Crippen LogP contribution in [-0.4, -0.2) is 17.1 Å². The van der Waals surface area contributed by atoms with Crippen LogP contribution in [0.2, 0.25) is 0 Å². The number of halogens is 4. The smallest absolute Gasteiger partial charge is 0.416 e. The number of anilines is 2. The number of aromatic nitrogens is 1. The van der Waals surface area contributed by atoms with Crippen LogP contribution in [0.25, 0.3) is 0 Å². The van der Waals surface area contributed by atoms with Crippen molar-refractivity contribution in [3.8, 4) is 11.8 Å². The number of hydrogen-bond donors (Lipinski definition) is 2. The van der Waals surface area contributed by atoms with Crippen LogP contribution in [0.3, 0.4) is 0 Å². The van der Waals surface area contributed by atoms with Gasteiger partial charge in [-0.15, -0.1) is 11.3 Å². The molecule has 0 bridgehead atoms. The minimum Gasteiger partial charge on any atom is -0.488 e. The number of benzene rings is 3. The van der Waals surface area contributed by atoms with Crippen molar-refractivity contribution < 1.29 is 22.7 Å². The van der Waals surface area contributed by atoms with Crippen molar-refractivity contribution in [3.63, 3.8) is 0 Å². The van der Waals surface area contributed by atoms with Crippen molar-refractivity contribution in [1.82, 2.24) is 10.4 Å². The summed E-state index contributed by atoms with van der Waals surface area (Å²) < 4.78 is 45.5. The first-order valence-corrected chi connectivity index (χ1v) is 13.0. The summed E-state index contributed by atoms with van der Waals surface area (Å²) in [5.74, 6) is 0.0799. The number of rotatable bonds is 9. The second-order valence-electron chi connectivity index (χ2n) is 8.06. The van der Waals surface area contributed by atoms with Gasteiger partial charge in [-0.2, -0.15) is 23.5 Å². The van der Waals surface area contributed by atoms with E-state index in [9.17, 15) is 23.2 Å². The monoisotopic (exact) mass is 613 g/mol. The van der Waals surface area contributed by atoms with Gasteiger partial charge >= 0.3 is 6.18 Å². The van der Waals surface area contributed by atoms with Gasteiger partial charge in [0.1, 0.15) is 12.4 Å². The van der Waals surface area contributed by atoms with Crippen molar-refractivity contribution in [2.45, 2.75) is 19.2 Å². The fraction of sp³-hybridized carbons (Fsp3) is 0.111. The maximum absolute atomic E-state index is 12.9. The minimum atomic E-state index is -4.45. The lowest BCUT2D eigenvalue weighted by Gasteiger charge is -2.10. The number of carbonyl (C=O) groups is 1. The molecule has 0 saturated heterocycles. The summed E-state index contributed by atoms with van der Waals surface area (Å²) >= 11 is 4.57. The molecule has 2 N–H and O–H groups in total. The Labute approximate surface area is 234 Å². The number of carbonyl (C=O) groups excluding carboxylic acids is 1. The third-order valence-corrected chi connectivity index (χ3v) is 6.52. The van der Waals surface area contributed by atoms with Crippen molar-refractivity contribution >= 4 is 50.2 Å². The quantitative estimate of drug-likeness (QED) is 0.159. The first-order valence-electron chi connectivity index (χ1n) is 11.3. The van der Waals surface area contributed by atoms with E-state index >= 15 is 0 Å². The molecule has 12 heteroatoms. The lowest BCUT2D eigenvalue weighted by molar-refractivity contribution is -0.137. The summed E-state index contributed by atoms with van der Waals surface area (Å²) in [5.41, 5.74) is 4.20. The zero-order chi connectivity index (χ0) is 27.8. The van der Waals surface area contributed by atoms with Gasteiger partial charge in [0.05, 0.1) is 35.5 Å². The second-order valence-corrected chi connectivity index (χ2v) is 9.83. The SMILES string of the molecule is N#Cc1ccccc1COc1ccc(Br)cc1/C=N\NC(=O)Cc1csc(Nc2cccc(C(F)(F)F)c2)n1. The van der Waals surface area contributed by atoms with Crippen LogP contribution < -0.4 is 15.5 Å². The molecular weight excluding hydrogens is 595 g/mol. The number of alkyl halides is 3. The molecule has 0 spiro atoms. The molecule has 1 amide bonds. The Morgan fingerprint density at radius 1 is 1.15 bits per heavy atom. The zero-order valence-electron chi connectivity index (χ0n) is 20.0. The van der Waals surface area contributed by atoms with Crippen molar-refractivity contribution in [1.29, 1.82) is 5.26 Å². The Balaban J connectivity index is 1.34. The molecule has 198 valence electrons. The maximum atomic E-state index is 12.9. The minimum absolute atomic E-state index is 0.0785. The number of thiazole rings is 1. The standard InChI is InChI=1S/C27H19BrF3N5O2S/c28-21-8-9-24(38-15-18-5-2-1-4-17(18)13-32)19(10-21)14-33-36-25(37)12-23-16-39-26(35-23)34-22-7-3-6-20(11-22)27(29,30)31/h1-11,14,16H,12,15H2,(H,34,35)(H,36,37)/b33-14-. The lowest BCUT2D eigenvalue weighted by Crippen LogP contribution is -2.20. The van der Waals surface area contributed by atoms with Crippen LogP contribution in [0, 0.1) is 11.3 Å². The summed E-state index contributed by atoms with van der Waals surface area (Å²) in [6.45, 7) is 0.180. The number of nitriles is 1. The first-order chi connectivity index (χ1) is 18.7. The van der Waals surface area contributed by atoms with Crippen LogP contribution in [0.5, 0.6) is 5.75 Å². The summed E-state index contributed by atoms with van der Waals surface area (Å²) in [4.78, 5) is 16.6. The summed E-state index contributed by atoms with van der Waals surface area (Å²) in [6, 6.07) is 19.4. The van der Waals surface area contributed by atoms with Gasteiger partial charge in [0.25, 0.3) is 0 Å². The molecule has 0 unspecified atom stereocenters. The molecule has 4 rings (SSSR count). The van der Waals surface area contributed by atoms with Crippen LogP contribution in [-0.2, 0) is 24.0 Å². The number of nitrogens with zero attached hydrogens (tertiary/aromatic N) is 3. The second kappa shape index (κ2) is 12.6. The largest absolute Gasteiger partial charge is 0.488 e. The third kappa shape index (κ3) is 7.89. The molecule has 0 radical (unpaired) electrons. The van der Waals surface area contributed by atoms with E-state index in [1.54, 1.807) is 35.7 Å². The predicted octanol–water partition coefficient (Wildman–Crippen LogP) is 6.81. The van der Waals surface area contributed by atoms with Gasteiger partial charge in [0.15, 0.2) is 5.13 Å². The fourth-order valence-corrected chi connectivity index (χ4v) is 4.49. The van der Waals surface area contributed by atoms with E-state index in [1.165, 1.54) is 29.7 Å². The molecule has 1 aromatic heterocycles. The summed E-state index contributed by atoms with van der Waals surface area (Å²) in [5, 5.41) is 18.1. The molecule has 3 aromatic carbocycles. The normalized spacial score (nSPS) is 11.3. The van der Waals surface area contributed by atoms with E-state index in [0.717, 1.165) is 22.2 Å². The molecule has 0 aliphatic carbocycles. The summed E-state index contributed by atoms with van der Waals surface area (Å²) in [7, 11) is 0. The molecule has 1 heterocycles. The van der Waals surface area contributed by atoms with Gasteiger partial charge in [-0.3, -0.25) is 4.79 Å². The Bertz CT molecular complexity index is 1550. The van der Waals surface area contributed by atoms with E-state index in [0.29, 0.717) is 27.7 Å². The highest BCUT2D eigenvalue weighted by Gasteiger charge is 2.30. The highest BCUT2D eigenvalue weighted by atomic mass is 79.9. The van der Waals surface area contributed by atoms with E-state index in [4.69, 9.17) is 4.74 Å². The number of amides is 1. The maximum Gasteiger partial charge on any atom is 0.416 e. The molecule has 0 aliphatic heterocycles. The van der Waals surface area contributed by atoms with E-state index in [-0.39, 0.29) is 18.7 Å². The predicted molar refractivity (Wildman–Crippen MR) is 146 cm³/mol. The number of hydrazone groups is 1. The van der Waals surface area contributed by atoms with E-state index < -0.39 is 17.6 Å². The average Bonchev–Trinajstić information content (AvgIpc) is 3.34.